The van der Waals surface area contributed by atoms with Gasteiger partial charge in [-0.15, -0.1) is 0 Å². The summed E-state index contributed by atoms with van der Waals surface area (Å²) in [6.45, 7) is 6.01. The Morgan fingerprint density at radius 3 is 2.65 bits per heavy atom. The highest BCUT2D eigenvalue weighted by Crippen LogP contribution is 2.23. The normalized spacial score (nSPS) is 17.9. The first-order valence-corrected chi connectivity index (χ1v) is 6.00. The predicted octanol–water partition coefficient (Wildman–Crippen LogP) is 0.742. The van der Waals surface area contributed by atoms with Crippen molar-refractivity contribution >= 4 is 5.82 Å². The Morgan fingerprint density at radius 1 is 1.18 bits per heavy atom. The van der Waals surface area contributed by atoms with E-state index in [4.69, 9.17) is 0 Å². The summed E-state index contributed by atoms with van der Waals surface area (Å²) in [6, 6.07) is 2.27. The minimum Gasteiger partial charge on any atom is -0.354 e. The molecule has 1 aromatic heterocycles. The molecule has 0 amide bonds. The van der Waals surface area contributed by atoms with Crippen LogP contribution < -0.4 is 4.90 Å². The summed E-state index contributed by atoms with van der Waals surface area (Å²) < 4.78 is 1.83. The van der Waals surface area contributed by atoms with Crippen LogP contribution in [0.25, 0.3) is 0 Å². The van der Waals surface area contributed by atoms with Crippen LogP contribution in [0.2, 0.25) is 0 Å². The van der Waals surface area contributed by atoms with Crippen LogP contribution in [0.1, 0.15) is 17.7 Å². The largest absolute Gasteiger partial charge is 0.354 e. The van der Waals surface area contributed by atoms with Gasteiger partial charge in [0.05, 0.1) is 5.69 Å². The molecule has 0 aliphatic carbocycles. The summed E-state index contributed by atoms with van der Waals surface area (Å²) in [6.07, 6.45) is 1.13. The van der Waals surface area contributed by atoms with Crippen molar-refractivity contribution < 1.29 is 0 Å². The van der Waals surface area contributed by atoms with Gasteiger partial charge in [-0.3, -0.25) is 4.68 Å². The van der Waals surface area contributed by atoms with Crippen LogP contribution in [-0.4, -0.2) is 47.9 Å². The Hall–Kier alpha value is -1.54. The average Bonchev–Trinajstić information content (AvgIpc) is 2.46. The van der Waals surface area contributed by atoms with E-state index < -0.39 is 0 Å². The third kappa shape index (κ3) is 2.27. The lowest BCUT2D eigenvalue weighted by Gasteiger charge is -2.22. The van der Waals surface area contributed by atoms with Crippen LogP contribution in [0.4, 0.5) is 5.82 Å². The molecule has 2 rings (SSSR count). The minimum absolute atomic E-state index is 0.719. The monoisotopic (exact) mass is 233 g/mol. The van der Waals surface area contributed by atoms with Crippen molar-refractivity contribution in [2.24, 2.45) is 7.05 Å². The molecule has 0 unspecified atom stereocenters. The lowest BCUT2D eigenvalue weighted by molar-refractivity contribution is 0.360. The van der Waals surface area contributed by atoms with Crippen LogP contribution in [0, 0.1) is 18.3 Å². The van der Waals surface area contributed by atoms with E-state index in [-0.39, 0.29) is 0 Å². The maximum atomic E-state index is 9.23. The fourth-order valence-electron chi connectivity index (χ4n) is 2.40. The zero-order chi connectivity index (χ0) is 12.4. The van der Waals surface area contributed by atoms with Crippen molar-refractivity contribution in [3.8, 4) is 6.07 Å². The summed E-state index contributed by atoms with van der Waals surface area (Å²) in [5.41, 5.74) is 1.54. The third-order valence-corrected chi connectivity index (χ3v) is 3.32. The first kappa shape index (κ1) is 11.9. The molecule has 0 N–H and O–H groups in total. The van der Waals surface area contributed by atoms with Crippen molar-refractivity contribution in [3.05, 3.63) is 11.3 Å². The fraction of sp³-hybridized carbons (Fsp3) is 0.667. The highest BCUT2D eigenvalue weighted by Gasteiger charge is 2.21. The van der Waals surface area contributed by atoms with Crippen molar-refractivity contribution in [3.63, 3.8) is 0 Å². The Kier molecular flexibility index (Phi) is 3.34. The van der Waals surface area contributed by atoms with Crippen LogP contribution in [0.3, 0.4) is 0 Å². The number of rotatable bonds is 1. The zero-order valence-electron chi connectivity index (χ0n) is 10.8. The van der Waals surface area contributed by atoms with E-state index in [1.807, 2.05) is 18.7 Å². The minimum atomic E-state index is 0.719. The summed E-state index contributed by atoms with van der Waals surface area (Å²) in [4.78, 5) is 4.61. The van der Waals surface area contributed by atoms with Gasteiger partial charge in [-0.1, -0.05) is 0 Å². The van der Waals surface area contributed by atoms with Crippen molar-refractivity contribution in [1.82, 2.24) is 14.7 Å². The molecule has 1 saturated heterocycles. The van der Waals surface area contributed by atoms with Crippen molar-refractivity contribution in [2.45, 2.75) is 13.3 Å². The molecule has 1 aromatic rings. The molecule has 1 aliphatic heterocycles. The maximum absolute atomic E-state index is 9.23. The maximum Gasteiger partial charge on any atom is 0.145 e. The number of hydrogen-bond donors (Lipinski definition) is 0. The standard InChI is InChI=1S/C12H19N5/c1-10-11(9-13)12(16(3)14-10)17-6-4-5-15(2)7-8-17/h4-8H2,1-3H3. The molecule has 92 valence electrons. The lowest BCUT2D eigenvalue weighted by atomic mass is 10.2. The van der Waals surface area contributed by atoms with E-state index >= 15 is 0 Å². The molecular weight excluding hydrogens is 214 g/mol. The molecule has 0 saturated carbocycles. The summed E-state index contributed by atoms with van der Waals surface area (Å²) in [5, 5.41) is 13.6. The Labute approximate surface area is 102 Å². The third-order valence-electron chi connectivity index (χ3n) is 3.32. The van der Waals surface area contributed by atoms with Gasteiger partial charge in [0.1, 0.15) is 17.5 Å². The van der Waals surface area contributed by atoms with Crippen LogP contribution in [-0.2, 0) is 7.05 Å². The second kappa shape index (κ2) is 4.76. The lowest BCUT2D eigenvalue weighted by Crippen LogP contribution is -2.30. The summed E-state index contributed by atoms with van der Waals surface area (Å²) in [7, 11) is 4.06. The number of aromatic nitrogens is 2. The molecule has 2 heterocycles. The summed E-state index contributed by atoms with van der Waals surface area (Å²) in [5.74, 6) is 0.973. The molecule has 5 nitrogen and oxygen atoms in total. The van der Waals surface area contributed by atoms with E-state index in [0.717, 1.165) is 49.7 Å². The first-order valence-electron chi connectivity index (χ1n) is 6.00. The summed E-state index contributed by atoms with van der Waals surface area (Å²) >= 11 is 0. The molecule has 1 fully saturated rings. The number of hydrogen-bond acceptors (Lipinski definition) is 4. The fourth-order valence-corrected chi connectivity index (χ4v) is 2.40. The van der Waals surface area contributed by atoms with E-state index in [0.29, 0.717) is 0 Å². The van der Waals surface area contributed by atoms with Gasteiger partial charge < -0.3 is 9.80 Å². The van der Waals surface area contributed by atoms with E-state index in [2.05, 4.69) is 28.0 Å². The number of anilines is 1. The number of aryl methyl sites for hydroxylation is 2. The Balaban J connectivity index is 2.30. The molecular formula is C12H19N5. The number of nitrogens with zero attached hydrogens (tertiary/aromatic N) is 5. The molecule has 1 aliphatic rings. The van der Waals surface area contributed by atoms with Gasteiger partial charge in [0.15, 0.2) is 0 Å². The SMILES string of the molecule is Cc1nn(C)c(N2CCCN(C)CC2)c1C#N. The van der Waals surface area contributed by atoms with Gasteiger partial charge >= 0.3 is 0 Å². The highest BCUT2D eigenvalue weighted by atomic mass is 15.4. The van der Waals surface area contributed by atoms with Gasteiger partial charge in [-0.25, -0.2) is 0 Å². The Morgan fingerprint density at radius 2 is 1.94 bits per heavy atom. The quantitative estimate of drug-likeness (QED) is 0.718. The van der Waals surface area contributed by atoms with Crippen LogP contribution in [0.15, 0.2) is 0 Å². The highest BCUT2D eigenvalue weighted by molar-refractivity contribution is 5.57. The van der Waals surface area contributed by atoms with Crippen molar-refractivity contribution in [1.29, 1.82) is 5.26 Å². The molecule has 0 radical (unpaired) electrons. The number of nitriles is 1. The average molecular weight is 233 g/mol. The smallest absolute Gasteiger partial charge is 0.145 e. The van der Waals surface area contributed by atoms with Gasteiger partial charge in [-0.2, -0.15) is 10.4 Å². The second-order valence-electron chi connectivity index (χ2n) is 4.66. The predicted molar refractivity (Wildman–Crippen MR) is 67.0 cm³/mol. The van der Waals surface area contributed by atoms with Gasteiger partial charge in [-0.05, 0) is 26.9 Å². The van der Waals surface area contributed by atoms with E-state index in [1.165, 1.54) is 0 Å². The topological polar surface area (TPSA) is 48.1 Å². The van der Waals surface area contributed by atoms with Gasteiger partial charge in [0.2, 0.25) is 0 Å². The van der Waals surface area contributed by atoms with E-state index in [1.54, 1.807) is 0 Å². The first-order chi connectivity index (χ1) is 8.13. The van der Waals surface area contributed by atoms with Crippen molar-refractivity contribution in [2.75, 3.05) is 38.1 Å². The molecule has 0 atom stereocenters. The van der Waals surface area contributed by atoms with E-state index in [9.17, 15) is 5.26 Å². The second-order valence-corrected chi connectivity index (χ2v) is 4.66. The molecule has 0 spiro atoms. The number of likely N-dealkylation sites (N-methyl/N-ethyl adjacent to an activating group) is 1. The zero-order valence-corrected chi connectivity index (χ0v) is 10.8. The Bertz CT molecular complexity index is 442. The van der Waals surface area contributed by atoms with Crippen LogP contribution >= 0.6 is 0 Å². The molecule has 5 heteroatoms. The van der Waals surface area contributed by atoms with Gasteiger partial charge in [0, 0.05) is 26.7 Å². The molecule has 0 aromatic carbocycles. The van der Waals surface area contributed by atoms with Crippen LogP contribution in [0.5, 0.6) is 0 Å². The van der Waals surface area contributed by atoms with Gasteiger partial charge in [0.25, 0.3) is 0 Å². The molecule has 0 bridgehead atoms. The molecule has 17 heavy (non-hydrogen) atoms.